The Balaban J connectivity index is 1.62. The lowest BCUT2D eigenvalue weighted by molar-refractivity contribution is 0.147. The van der Waals surface area contributed by atoms with Gasteiger partial charge in [0.15, 0.2) is 12.4 Å². The molecule has 4 nitrogen and oxygen atoms in total. The average molecular weight is 378 g/mol. The molecule has 0 saturated heterocycles. The minimum atomic E-state index is -0.543. The van der Waals surface area contributed by atoms with Crippen molar-refractivity contribution < 1.29 is 13.9 Å². The van der Waals surface area contributed by atoms with E-state index in [9.17, 15) is 4.79 Å². The number of carbonyl (C=O) groups excluding carboxylic acids is 1. The number of benzene rings is 3. The number of carbonyl (C=O) groups is 1. The van der Waals surface area contributed by atoms with Crippen molar-refractivity contribution in [2.24, 2.45) is 0 Å². The Morgan fingerprint density at radius 1 is 0.963 bits per heavy atom. The number of halogens is 1. The number of nitrogens with one attached hydrogen (secondary N) is 1. The Bertz CT molecular complexity index is 1070. The molecule has 27 heavy (non-hydrogen) atoms. The first-order valence-corrected chi connectivity index (χ1v) is 8.84. The van der Waals surface area contributed by atoms with Crippen molar-refractivity contribution in [1.82, 2.24) is 0 Å². The molecule has 1 amide bonds. The van der Waals surface area contributed by atoms with Crippen molar-refractivity contribution >= 4 is 34.4 Å². The molecule has 1 aromatic heterocycles. The minimum absolute atomic E-state index is 0.00912. The predicted molar refractivity (Wildman–Crippen MR) is 107 cm³/mol. The van der Waals surface area contributed by atoms with Gasteiger partial charge in [0.2, 0.25) is 0 Å². The smallest absolute Gasteiger partial charge is 0.412 e. The van der Waals surface area contributed by atoms with Crippen molar-refractivity contribution in [2.45, 2.75) is 6.61 Å². The Morgan fingerprint density at radius 2 is 1.67 bits per heavy atom. The van der Waals surface area contributed by atoms with E-state index in [2.05, 4.69) is 5.32 Å². The number of rotatable bonds is 4. The summed E-state index contributed by atoms with van der Waals surface area (Å²) in [4.78, 5) is 12.1. The molecule has 0 aliphatic carbocycles. The van der Waals surface area contributed by atoms with E-state index >= 15 is 0 Å². The Hall–Kier alpha value is -3.24. The van der Waals surface area contributed by atoms with Crippen LogP contribution in [0.3, 0.4) is 0 Å². The third-order valence-corrected chi connectivity index (χ3v) is 4.38. The van der Waals surface area contributed by atoms with Gasteiger partial charge in [0, 0.05) is 21.7 Å². The molecule has 3 aromatic carbocycles. The van der Waals surface area contributed by atoms with Crippen LogP contribution in [0.5, 0.6) is 0 Å². The van der Waals surface area contributed by atoms with Crippen LogP contribution < -0.4 is 5.32 Å². The normalized spacial score (nSPS) is 10.7. The minimum Gasteiger partial charge on any atom is -0.457 e. The largest absolute Gasteiger partial charge is 0.457 e. The molecule has 0 atom stereocenters. The van der Waals surface area contributed by atoms with Gasteiger partial charge in [-0.15, -0.1) is 0 Å². The highest BCUT2D eigenvalue weighted by Gasteiger charge is 2.18. The molecular formula is C22H16ClNO3. The zero-order chi connectivity index (χ0) is 18.6. The van der Waals surface area contributed by atoms with Crippen molar-refractivity contribution in [3.8, 4) is 11.1 Å². The summed E-state index contributed by atoms with van der Waals surface area (Å²) in [6.07, 6.45) is -0.543. The van der Waals surface area contributed by atoms with Crippen LogP contribution in [0.15, 0.2) is 83.3 Å². The monoisotopic (exact) mass is 377 g/mol. The second kappa shape index (κ2) is 7.56. The summed E-state index contributed by atoms with van der Waals surface area (Å²) < 4.78 is 11.3. The van der Waals surface area contributed by atoms with Crippen molar-refractivity contribution in [2.75, 3.05) is 5.32 Å². The maximum absolute atomic E-state index is 12.1. The summed E-state index contributed by atoms with van der Waals surface area (Å²) in [5.74, 6) is 0.571. The molecule has 4 aromatic rings. The summed E-state index contributed by atoms with van der Waals surface area (Å²) in [6.45, 7) is 0.00912. The predicted octanol–water partition coefficient (Wildman–Crippen LogP) is 6.50. The molecule has 0 aliphatic rings. The lowest BCUT2D eigenvalue weighted by Crippen LogP contribution is -2.13. The van der Waals surface area contributed by atoms with Crippen molar-refractivity contribution in [3.63, 3.8) is 0 Å². The van der Waals surface area contributed by atoms with E-state index in [-0.39, 0.29) is 6.61 Å². The number of ether oxygens (including phenoxy) is 1. The lowest BCUT2D eigenvalue weighted by Gasteiger charge is -2.07. The fraction of sp³-hybridized carbons (Fsp3) is 0.0455. The van der Waals surface area contributed by atoms with Gasteiger partial charge in [-0.2, -0.15) is 0 Å². The summed E-state index contributed by atoms with van der Waals surface area (Å²) >= 11 is 6.17. The molecule has 0 spiro atoms. The molecule has 0 unspecified atom stereocenters. The van der Waals surface area contributed by atoms with E-state index < -0.39 is 6.09 Å². The molecule has 0 aliphatic heterocycles. The van der Waals surface area contributed by atoms with Gasteiger partial charge in [-0.05, 0) is 35.9 Å². The van der Waals surface area contributed by atoms with Gasteiger partial charge in [0.25, 0.3) is 0 Å². The molecule has 0 bridgehead atoms. The topological polar surface area (TPSA) is 51.5 Å². The van der Waals surface area contributed by atoms with E-state index in [0.717, 1.165) is 16.5 Å². The lowest BCUT2D eigenvalue weighted by atomic mass is 10.0. The van der Waals surface area contributed by atoms with E-state index in [1.54, 1.807) is 18.2 Å². The Kier molecular flexibility index (Phi) is 4.81. The Labute approximate surface area is 161 Å². The van der Waals surface area contributed by atoms with E-state index in [1.165, 1.54) is 0 Å². The van der Waals surface area contributed by atoms with Crippen molar-refractivity contribution in [3.05, 3.63) is 89.6 Å². The SMILES string of the molecule is O=C(Nc1ccccc1)OCc1oc2ccc(Cl)cc2c1-c1ccccc1. The van der Waals surface area contributed by atoms with Crippen LogP contribution in [-0.4, -0.2) is 6.09 Å². The quantitative estimate of drug-likeness (QED) is 0.441. The fourth-order valence-electron chi connectivity index (χ4n) is 2.95. The van der Waals surface area contributed by atoms with Gasteiger partial charge < -0.3 is 9.15 Å². The number of anilines is 1. The standard InChI is InChI=1S/C22H16ClNO3/c23-16-11-12-19-18(13-16)21(15-7-3-1-4-8-15)20(27-19)14-26-22(25)24-17-9-5-2-6-10-17/h1-13H,14H2,(H,24,25). The van der Waals surface area contributed by atoms with Gasteiger partial charge in [0.05, 0.1) is 0 Å². The molecule has 134 valence electrons. The first kappa shape index (κ1) is 17.2. The van der Waals surface area contributed by atoms with Crippen LogP contribution in [0.1, 0.15) is 5.76 Å². The van der Waals surface area contributed by atoms with E-state index in [4.69, 9.17) is 20.8 Å². The first-order valence-electron chi connectivity index (χ1n) is 8.46. The number of hydrogen-bond acceptors (Lipinski definition) is 3. The van der Waals surface area contributed by atoms with Gasteiger partial charge >= 0.3 is 6.09 Å². The highest BCUT2D eigenvalue weighted by atomic mass is 35.5. The van der Waals surface area contributed by atoms with E-state index in [1.807, 2.05) is 60.7 Å². The molecule has 4 rings (SSSR count). The van der Waals surface area contributed by atoms with Crippen LogP contribution in [0.25, 0.3) is 22.1 Å². The Morgan fingerprint density at radius 3 is 2.41 bits per heavy atom. The molecule has 5 heteroatoms. The molecule has 0 fully saturated rings. The zero-order valence-corrected chi connectivity index (χ0v) is 15.1. The van der Waals surface area contributed by atoms with E-state index in [0.29, 0.717) is 22.1 Å². The van der Waals surface area contributed by atoms with Crippen LogP contribution >= 0.6 is 11.6 Å². The first-order chi connectivity index (χ1) is 13.2. The number of hydrogen-bond donors (Lipinski definition) is 1. The van der Waals surface area contributed by atoms with Crippen LogP contribution in [0, 0.1) is 0 Å². The zero-order valence-electron chi connectivity index (χ0n) is 14.3. The maximum atomic E-state index is 12.1. The number of amides is 1. The van der Waals surface area contributed by atoms with Gasteiger partial charge in [-0.3, -0.25) is 5.32 Å². The fourth-order valence-corrected chi connectivity index (χ4v) is 3.12. The highest BCUT2D eigenvalue weighted by Crippen LogP contribution is 2.36. The molecule has 0 saturated carbocycles. The third kappa shape index (κ3) is 3.81. The number of furan rings is 1. The van der Waals surface area contributed by atoms with Gasteiger partial charge in [-0.25, -0.2) is 4.79 Å². The number of para-hydroxylation sites is 1. The average Bonchev–Trinajstić information content (AvgIpc) is 3.05. The second-order valence-corrected chi connectivity index (χ2v) is 6.41. The number of fused-ring (bicyclic) bond motifs is 1. The summed E-state index contributed by atoms with van der Waals surface area (Å²) in [5, 5.41) is 4.20. The van der Waals surface area contributed by atoms with Crippen LogP contribution in [0.4, 0.5) is 10.5 Å². The highest BCUT2D eigenvalue weighted by molar-refractivity contribution is 6.31. The molecular weight excluding hydrogens is 362 g/mol. The third-order valence-electron chi connectivity index (χ3n) is 4.14. The van der Waals surface area contributed by atoms with Crippen LogP contribution in [0.2, 0.25) is 5.02 Å². The van der Waals surface area contributed by atoms with Gasteiger partial charge in [0.1, 0.15) is 5.58 Å². The van der Waals surface area contributed by atoms with Crippen LogP contribution in [-0.2, 0) is 11.3 Å². The summed E-state index contributed by atoms with van der Waals surface area (Å²) in [6, 6.07) is 24.4. The van der Waals surface area contributed by atoms with Crippen molar-refractivity contribution in [1.29, 1.82) is 0 Å². The molecule has 0 radical (unpaired) electrons. The molecule has 1 N–H and O–H groups in total. The molecule has 1 heterocycles. The van der Waals surface area contributed by atoms with Gasteiger partial charge in [-0.1, -0.05) is 60.1 Å². The summed E-state index contributed by atoms with van der Waals surface area (Å²) in [7, 11) is 0. The summed E-state index contributed by atoms with van der Waals surface area (Å²) in [5.41, 5.74) is 3.21. The maximum Gasteiger partial charge on any atom is 0.412 e. The second-order valence-electron chi connectivity index (χ2n) is 5.97.